The Bertz CT molecular complexity index is 381. The summed E-state index contributed by atoms with van der Waals surface area (Å²) in [4.78, 5) is 7.99. The van der Waals surface area contributed by atoms with Gasteiger partial charge in [0.25, 0.3) is 0 Å². The summed E-state index contributed by atoms with van der Waals surface area (Å²) in [5.74, 6) is 2.31. The van der Waals surface area contributed by atoms with Gasteiger partial charge in [-0.05, 0) is 23.9 Å². The van der Waals surface area contributed by atoms with Crippen LogP contribution >= 0.6 is 11.6 Å². The van der Waals surface area contributed by atoms with Crippen LogP contribution in [0.3, 0.4) is 0 Å². The molecule has 0 saturated heterocycles. The molecule has 1 atom stereocenters. The second-order valence-electron chi connectivity index (χ2n) is 4.18. The smallest absolute Gasteiger partial charge is 0.224 e. The van der Waals surface area contributed by atoms with Crippen LogP contribution in [0.15, 0.2) is 6.20 Å². The number of rotatable bonds is 2. The van der Waals surface area contributed by atoms with Gasteiger partial charge in [0, 0.05) is 0 Å². The monoisotopic (exact) mass is 225 g/mol. The lowest BCUT2D eigenvalue weighted by Gasteiger charge is -2.26. The van der Waals surface area contributed by atoms with Gasteiger partial charge in [-0.15, -0.1) is 0 Å². The molecule has 1 fully saturated rings. The largest absolute Gasteiger partial charge is 0.486 e. The fraction of sp³-hybridized carbons (Fsp3) is 0.600. The molecular weight excluding hydrogens is 214 g/mol. The van der Waals surface area contributed by atoms with Crippen molar-refractivity contribution in [2.75, 3.05) is 11.9 Å². The van der Waals surface area contributed by atoms with Gasteiger partial charge in [0.15, 0.2) is 11.6 Å². The summed E-state index contributed by atoms with van der Waals surface area (Å²) < 4.78 is 5.57. The average molecular weight is 226 g/mol. The first-order chi connectivity index (χ1) is 7.31. The van der Waals surface area contributed by atoms with Crippen LogP contribution in [0.2, 0.25) is 5.28 Å². The molecule has 1 N–H and O–H groups in total. The van der Waals surface area contributed by atoms with Gasteiger partial charge < -0.3 is 10.1 Å². The Morgan fingerprint density at radius 3 is 3.20 bits per heavy atom. The molecule has 0 spiro atoms. The van der Waals surface area contributed by atoms with Crippen LogP contribution in [-0.4, -0.2) is 22.6 Å². The molecule has 80 valence electrons. The third kappa shape index (κ3) is 2.00. The van der Waals surface area contributed by atoms with E-state index in [-0.39, 0.29) is 5.28 Å². The highest BCUT2D eigenvalue weighted by molar-refractivity contribution is 6.28. The molecule has 0 bridgehead atoms. The first kappa shape index (κ1) is 9.21. The zero-order valence-corrected chi connectivity index (χ0v) is 9.00. The fourth-order valence-electron chi connectivity index (χ4n) is 1.87. The zero-order valence-electron chi connectivity index (χ0n) is 8.24. The van der Waals surface area contributed by atoms with Crippen molar-refractivity contribution < 1.29 is 4.74 Å². The quantitative estimate of drug-likeness (QED) is 0.784. The number of hydrogen-bond acceptors (Lipinski definition) is 4. The maximum absolute atomic E-state index is 5.72. The molecule has 1 aliphatic carbocycles. The van der Waals surface area contributed by atoms with Crippen LogP contribution in [0.5, 0.6) is 5.75 Å². The van der Waals surface area contributed by atoms with Crippen molar-refractivity contribution >= 4 is 17.4 Å². The molecule has 0 unspecified atom stereocenters. The SMILES string of the molecule is Clc1ncc2c(n1)N[C@@H](CC1CC1)CO2. The van der Waals surface area contributed by atoms with E-state index in [0.29, 0.717) is 18.4 Å². The van der Waals surface area contributed by atoms with Gasteiger partial charge in [0.2, 0.25) is 5.28 Å². The molecule has 15 heavy (non-hydrogen) atoms. The Kier molecular flexibility index (Phi) is 2.16. The maximum Gasteiger partial charge on any atom is 0.224 e. The maximum atomic E-state index is 5.72. The van der Waals surface area contributed by atoms with Crippen LogP contribution in [-0.2, 0) is 0 Å². The van der Waals surface area contributed by atoms with E-state index in [1.165, 1.54) is 19.3 Å². The number of anilines is 1. The number of ether oxygens (including phenoxy) is 1. The highest BCUT2D eigenvalue weighted by atomic mass is 35.5. The number of halogens is 1. The van der Waals surface area contributed by atoms with Crippen LogP contribution in [0.25, 0.3) is 0 Å². The minimum absolute atomic E-state index is 0.261. The predicted octanol–water partition coefficient (Wildman–Crippen LogP) is 2.10. The second kappa shape index (κ2) is 3.52. The lowest BCUT2D eigenvalue weighted by Crippen LogP contribution is -2.32. The minimum Gasteiger partial charge on any atom is -0.486 e. The summed E-state index contributed by atoms with van der Waals surface area (Å²) in [5.41, 5.74) is 0. The average Bonchev–Trinajstić information content (AvgIpc) is 3.01. The first-order valence-corrected chi connectivity index (χ1v) is 5.61. The molecule has 1 aromatic heterocycles. The van der Waals surface area contributed by atoms with Crippen molar-refractivity contribution in [3.05, 3.63) is 11.5 Å². The predicted molar refractivity (Wildman–Crippen MR) is 57.3 cm³/mol. The van der Waals surface area contributed by atoms with Gasteiger partial charge in [0.1, 0.15) is 6.61 Å². The number of nitrogens with one attached hydrogen (secondary N) is 1. The van der Waals surface area contributed by atoms with Crippen molar-refractivity contribution in [3.8, 4) is 5.75 Å². The van der Waals surface area contributed by atoms with E-state index < -0.39 is 0 Å². The number of aromatic nitrogens is 2. The standard InChI is InChI=1S/C10H12ClN3O/c11-10-12-4-8-9(14-10)13-7(5-15-8)3-6-1-2-6/h4,6-7H,1-3,5H2,(H,12,13,14)/t7-/m0/s1. The third-order valence-corrected chi connectivity index (χ3v) is 3.00. The van der Waals surface area contributed by atoms with Gasteiger partial charge in [-0.1, -0.05) is 12.8 Å². The lowest BCUT2D eigenvalue weighted by molar-refractivity contribution is 0.271. The molecule has 0 aromatic carbocycles. The highest BCUT2D eigenvalue weighted by Gasteiger charge is 2.28. The van der Waals surface area contributed by atoms with Crippen molar-refractivity contribution in [1.82, 2.24) is 9.97 Å². The fourth-order valence-corrected chi connectivity index (χ4v) is 2.00. The molecule has 5 heteroatoms. The van der Waals surface area contributed by atoms with E-state index in [4.69, 9.17) is 16.3 Å². The summed E-state index contributed by atoms with van der Waals surface area (Å²) in [6.45, 7) is 0.703. The van der Waals surface area contributed by atoms with Crippen molar-refractivity contribution in [2.45, 2.75) is 25.3 Å². The van der Waals surface area contributed by atoms with Gasteiger partial charge in [0.05, 0.1) is 12.2 Å². The molecule has 1 saturated carbocycles. The van der Waals surface area contributed by atoms with Gasteiger partial charge >= 0.3 is 0 Å². The van der Waals surface area contributed by atoms with E-state index in [9.17, 15) is 0 Å². The van der Waals surface area contributed by atoms with E-state index in [2.05, 4.69) is 15.3 Å². The molecule has 4 nitrogen and oxygen atoms in total. The molecule has 1 aliphatic heterocycles. The van der Waals surface area contributed by atoms with Crippen molar-refractivity contribution in [1.29, 1.82) is 0 Å². The molecule has 0 amide bonds. The Labute approximate surface area is 93.0 Å². The minimum atomic E-state index is 0.261. The summed E-state index contributed by atoms with van der Waals surface area (Å²) in [5, 5.41) is 3.61. The van der Waals surface area contributed by atoms with Crippen molar-refractivity contribution in [2.24, 2.45) is 5.92 Å². The Hall–Kier alpha value is -1.03. The molecule has 0 radical (unpaired) electrons. The zero-order chi connectivity index (χ0) is 10.3. The van der Waals surface area contributed by atoms with Crippen LogP contribution in [0.1, 0.15) is 19.3 Å². The molecular formula is C10H12ClN3O. The summed E-state index contributed by atoms with van der Waals surface area (Å²) in [6, 6.07) is 0.371. The first-order valence-electron chi connectivity index (χ1n) is 5.23. The van der Waals surface area contributed by atoms with Gasteiger partial charge in [-0.2, -0.15) is 4.98 Å². The van der Waals surface area contributed by atoms with Crippen molar-refractivity contribution in [3.63, 3.8) is 0 Å². The van der Waals surface area contributed by atoms with E-state index >= 15 is 0 Å². The number of hydrogen-bond donors (Lipinski definition) is 1. The van der Waals surface area contributed by atoms with Crippen LogP contribution in [0.4, 0.5) is 5.82 Å². The Morgan fingerprint density at radius 1 is 1.53 bits per heavy atom. The topological polar surface area (TPSA) is 47.0 Å². The summed E-state index contributed by atoms with van der Waals surface area (Å²) >= 11 is 5.72. The summed E-state index contributed by atoms with van der Waals surface area (Å²) in [7, 11) is 0. The highest BCUT2D eigenvalue weighted by Crippen LogP contribution is 2.36. The number of nitrogens with zero attached hydrogens (tertiary/aromatic N) is 2. The van der Waals surface area contributed by atoms with E-state index in [1.54, 1.807) is 6.20 Å². The van der Waals surface area contributed by atoms with Gasteiger partial charge in [-0.25, -0.2) is 4.98 Å². The van der Waals surface area contributed by atoms with Gasteiger partial charge in [-0.3, -0.25) is 0 Å². The third-order valence-electron chi connectivity index (χ3n) is 2.82. The Morgan fingerprint density at radius 2 is 2.40 bits per heavy atom. The molecule has 2 heterocycles. The van der Waals surface area contributed by atoms with Crippen LogP contribution < -0.4 is 10.1 Å². The molecule has 3 rings (SSSR count). The molecule has 2 aliphatic rings. The van der Waals surface area contributed by atoms with Crippen LogP contribution in [0, 0.1) is 5.92 Å². The normalized spacial score (nSPS) is 23.9. The summed E-state index contributed by atoms with van der Waals surface area (Å²) in [6.07, 6.45) is 5.50. The molecule has 1 aromatic rings. The Balaban J connectivity index is 1.75. The lowest BCUT2D eigenvalue weighted by atomic mass is 10.1. The van der Waals surface area contributed by atoms with E-state index in [1.807, 2.05) is 0 Å². The second-order valence-corrected chi connectivity index (χ2v) is 4.52. The van der Waals surface area contributed by atoms with E-state index in [0.717, 1.165) is 11.7 Å². The number of fused-ring (bicyclic) bond motifs is 1.